The second kappa shape index (κ2) is 6.33. The quantitative estimate of drug-likeness (QED) is 0.879. The summed E-state index contributed by atoms with van der Waals surface area (Å²) < 4.78 is 1.50. The van der Waals surface area contributed by atoms with Gasteiger partial charge >= 0.3 is 0 Å². The summed E-state index contributed by atoms with van der Waals surface area (Å²) in [5.41, 5.74) is 0.489. The molecule has 1 aromatic carbocycles. The highest BCUT2D eigenvalue weighted by Crippen LogP contribution is 2.21. The first-order valence-electron chi connectivity index (χ1n) is 5.30. The fraction of sp³-hybridized carbons (Fsp3) is 0.333. The van der Waals surface area contributed by atoms with E-state index in [0.717, 1.165) is 4.47 Å². The van der Waals surface area contributed by atoms with Crippen molar-refractivity contribution in [2.45, 2.75) is 13.0 Å². The van der Waals surface area contributed by atoms with E-state index in [1.807, 2.05) is 6.07 Å². The van der Waals surface area contributed by atoms with Gasteiger partial charge in [0.05, 0.1) is 5.56 Å². The molecule has 6 heteroatoms. The van der Waals surface area contributed by atoms with Crippen molar-refractivity contribution in [2.75, 3.05) is 14.1 Å². The van der Waals surface area contributed by atoms with Gasteiger partial charge in [-0.2, -0.15) is 0 Å². The molecule has 0 saturated heterocycles. The van der Waals surface area contributed by atoms with Gasteiger partial charge in [0.25, 0.3) is 5.91 Å². The molecule has 1 unspecified atom stereocenters. The van der Waals surface area contributed by atoms with Crippen LogP contribution in [0.5, 0.6) is 0 Å². The molecule has 1 N–H and O–H groups in total. The minimum atomic E-state index is -0.557. The van der Waals surface area contributed by atoms with Gasteiger partial charge in [-0.3, -0.25) is 9.59 Å². The van der Waals surface area contributed by atoms with E-state index < -0.39 is 6.04 Å². The fourth-order valence-corrected chi connectivity index (χ4v) is 2.18. The fourth-order valence-electron chi connectivity index (χ4n) is 1.39. The van der Waals surface area contributed by atoms with Gasteiger partial charge in [0.1, 0.15) is 6.04 Å². The maximum absolute atomic E-state index is 12.0. The molecule has 1 rings (SSSR count). The molecule has 2 amide bonds. The molecule has 0 aromatic heterocycles. The van der Waals surface area contributed by atoms with Crippen LogP contribution in [0.15, 0.2) is 27.1 Å². The molecule has 0 aliphatic rings. The average Bonchev–Trinajstić information content (AvgIpc) is 2.30. The Morgan fingerprint density at radius 1 is 1.28 bits per heavy atom. The molecular formula is C12H14Br2N2O2. The topological polar surface area (TPSA) is 49.4 Å². The van der Waals surface area contributed by atoms with Crippen molar-refractivity contribution in [3.63, 3.8) is 0 Å². The maximum atomic E-state index is 12.0. The monoisotopic (exact) mass is 376 g/mol. The van der Waals surface area contributed by atoms with Crippen molar-refractivity contribution in [3.8, 4) is 0 Å². The van der Waals surface area contributed by atoms with E-state index in [-0.39, 0.29) is 11.8 Å². The van der Waals surface area contributed by atoms with Crippen LogP contribution < -0.4 is 5.32 Å². The molecule has 0 aliphatic carbocycles. The predicted octanol–water partition coefficient (Wildman–Crippen LogP) is 2.42. The highest BCUT2D eigenvalue weighted by atomic mass is 79.9. The van der Waals surface area contributed by atoms with Crippen LogP contribution in [0, 0.1) is 0 Å². The summed E-state index contributed by atoms with van der Waals surface area (Å²) in [7, 11) is 3.31. The van der Waals surface area contributed by atoms with E-state index in [1.165, 1.54) is 4.90 Å². The van der Waals surface area contributed by atoms with Crippen LogP contribution in [0.2, 0.25) is 0 Å². The van der Waals surface area contributed by atoms with Gasteiger partial charge in [0.2, 0.25) is 5.91 Å². The molecule has 0 bridgehead atoms. The summed E-state index contributed by atoms with van der Waals surface area (Å²) in [6.07, 6.45) is 0. The molecule has 0 heterocycles. The third kappa shape index (κ3) is 3.81. The number of nitrogens with one attached hydrogen (secondary N) is 1. The second-order valence-electron chi connectivity index (χ2n) is 4.05. The van der Waals surface area contributed by atoms with Crippen molar-refractivity contribution < 1.29 is 9.59 Å². The summed E-state index contributed by atoms with van der Waals surface area (Å²) in [6.45, 7) is 1.66. The van der Waals surface area contributed by atoms with Crippen LogP contribution in [-0.2, 0) is 4.79 Å². The zero-order valence-corrected chi connectivity index (χ0v) is 13.5. The number of carbonyl (C=O) groups excluding carboxylic acids is 2. The van der Waals surface area contributed by atoms with E-state index in [2.05, 4.69) is 37.2 Å². The number of nitrogens with zero attached hydrogens (tertiary/aromatic N) is 1. The van der Waals surface area contributed by atoms with Crippen molar-refractivity contribution >= 4 is 43.7 Å². The van der Waals surface area contributed by atoms with Crippen LogP contribution >= 0.6 is 31.9 Å². The molecule has 18 heavy (non-hydrogen) atoms. The van der Waals surface area contributed by atoms with Gasteiger partial charge in [-0.25, -0.2) is 0 Å². The summed E-state index contributed by atoms with van der Waals surface area (Å²) in [5.74, 6) is -0.430. The Kier molecular flexibility index (Phi) is 5.34. The Bertz CT molecular complexity index is 475. The van der Waals surface area contributed by atoms with Crippen molar-refractivity contribution in [1.29, 1.82) is 0 Å². The van der Waals surface area contributed by atoms with E-state index in [9.17, 15) is 9.59 Å². The van der Waals surface area contributed by atoms with Crippen LogP contribution in [0.4, 0.5) is 0 Å². The van der Waals surface area contributed by atoms with Crippen LogP contribution in [0.1, 0.15) is 17.3 Å². The molecule has 1 aromatic rings. The van der Waals surface area contributed by atoms with Gasteiger partial charge in [0, 0.05) is 23.0 Å². The largest absolute Gasteiger partial charge is 0.347 e. The number of hydrogen-bond acceptors (Lipinski definition) is 2. The number of halogens is 2. The third-order valence-electron chi connectivity index (χ3n) is 2.33. The lowest BCUT2D eigenvalue weighted by atomic mass is 10.2. The molecule has 0 spiro atoms. The van der Waals surface area contributed by atoms with E-state index in [4.69, 9.17) is 0 Å². The first-order valence-corrected chi connectivity index (χ1v) is 6.88. The lowest BCUT2D eigenvalue weighted by molar-refractivity contribution is -0.130. The highest BCUT2D eigenvalue weighted by Gasteiger charge is 2.19. The number of carbonyl (C=O) groups is 2. The van der Waals surface area contributed by atoms with E-state index in [1.54, 1.807) is 33.2 Å². The van der Waals surface area contributed by atoms with Gasteiger partial charge in [-0.05, 0) is 41.1 Å². The van der Waals surface area contributed by atoms with Crippen molar-refractivity contribution in [2.24, 2.45) is 0 Å². The molecule has 0 aliphatic heterocycles. The maximum Gasteiger partial charge on any atom is 0.253 e. The average molecular weight is 378 g/mol. The number of hydrogen-bond donors (Lipinski definition) is 1. The first kappa shape index (κ1) is 15.2. The van der Waals surface area contributed by atoms with Gasteiger partial charge in [-0.15, -0.1) is 0 Å². The predicted molar refractivity (Wildman–Crippen MR) is 77.5 cm³/mol. The Morgan fingerprint density at radius 2 is 1.89 bits per heavy atom. The number of likely N-dealkylation sites (N-methyl/N-ethyl adjacent to an activating group) is 1. The molecule has 1 atom stereocenters. The Hall–Kier alpha value is -0.880. The molecule has 98 valence electrons. The number of benzene rings is 1. The second-order valence-corrected chi connectivity index (χ2v) is 5.82. The van der Waals surface area contributed by atoms with Gasteiger partial charge < -0.3 is 10.2 Å². The smallest absolute Gasteiger partial charge is 0.253 e. The zero-order valence-electron chi connectivity index (χ0n) is 10.3. The minimum absolute atomic E-state index is 0.144. The summed E-state index contributed by atoms with van der Waals surface area (Å²) in [4.78, 5) is 25.1. The normalized spacial score (nSPS) is 11.8. The Balaban J connectivity index is 2.83. The molecule has 0 radical (unpaired) electrons. The SMILES string of the molecule is CC(NC(=O)c1cc(Br)ccc1Br)C(=O)N(C)C. The lowest BCUT2D eigenvalue weighted by Gasteiger charge is -2.18. The summed E-state index contributed by atoms with van der Waals surface area (Å²) in [5, 5.41) is 2.66. The highest BCUT2D eigenvalue weighted by molar-refractivity contribution is 9.11. The first-order chi connectivity index (χ1) is 8.32. The van der Waals surface area contributed by atoms with Crippen LogP contribution in [0.3, 0.4) is 0 Å². The number of rotatable bonds is 3. The molecule has 0 saturated carbocycles. The van der Waals surface area contributed by atoms with Crippen molar-refractivity contribution in [1.82, 2.24) is 10.2 Å². The minimum Gasteiger partial charge on any atom is -0.347 e. The molecule has 0 fully saturated rings. The van der Waals surface area contributed by atoms with Crippen LogP contribution in [0.25, 0.3) is 0 Å². The summed E-state index contributed by atoms with van der Waals surface area (Å²) in [6, 6.07) is 4.75. The van der Waals surface area contributed by atoms with E-state index in [0.29, 0.717) is 10.0 Å². The summed E-state index contributed by atoms with van der Waals surface area (Å²) >= 11 is 6.62. The van der Waals surface area contributed by atoms with Gasteiger partial charge in [0.15, 0.2) is 0 Å². The standard InChI is InChI=1S/C12H14Br2N2O2/c1-7(12(18)16(2)3)15-11(17)9-6-8(13)4-5-10(9)14/h4-7H,1-3H3,(H,15,17). The molecular weight excluding hydrogens is 364 g/mol. The molecule has 4 nitrogen and oxygen atoms in total. The van der Waals surface area contributed by atoms with Crippen molar-refractivity contribution in [3.05, 3.63) is 32.7 Å². The zero-order chi connectivity index (χ0) is 13.9. The number of amides is 2. The van der Waals surface area contributed by atoms with E-state index >= 15 is 0 Å². The Labute approximate surface area is 123 Å². The Morgan fingerprint density at radius 3 is 2.44 bits per heavy atom. The van der Waals surface area contributed by atoms with Gasteiger partial charge in [-0.1, -0.05) is 15.9 Å². The third-order valence-corrected chi connectivity index (χ3v) is 3.52. The van der Waals surface area contributed by atoms with Crippen LogP contribution in [-0.4, -0.2) is 36.9 Å². The lowest BCUT2D eigenvalue weighted by Crippen LogP contribution is -2.44.